The van der Waals surface area contributed by atoms with E-state index in [2.05, 4.69) is 29.9 Å². The van der Waals surface area contributed by atoms with Gasteiger partial charge in [-0.05, 0) is 62.0 Å². The molecule has 162 valence electrons. The minimum atomic E-state index is -1.26. The second-order valence-corrected chi connectivity index (χ2v) is 7.30. The maximum absolute atomic E-state index is 11.8. The van der Waals surface area contributed by atoms with Crippen LogP contribution in [-0.2, 0) is 22.4 Å². The van der Waals surface area contributed by atoms with Crippen LogP contribution in [0.3, 0.4) is 0 Å². The number of H-pyrrole nitrogens is 1. The fraction of sp³-hybridized carbons (Fsp3) is 0.409. The van der Waals surface area contributed by atoms with E-state index in [0.717, 1.165) is 49.9 Å². The molecule has 5 N–H and O–H groups in total. The van der Waals surface area contributed by atoms with Crippen molar-refractivity contribution in [3.8, 4) is 0 Å². The zero-order valence-electron chi connectivity index (χ0n) is 17.4. The number of aliphatic carboxylic acids is 2. The van der Waals surface area contributed by atoms with Gasteiger partial charge in [-0.1, -0.05) is 13.8 Å². The first kappa shape index (κ1) is 23.2. The second-order valence-electron chi connectivity index (χ2n) is 7.30. The van der Waals surface area contributed by atoms with E-state index in [0.29, 0.717) is 23.8 Å². The van der Waals surface area contributed by atoms with Crippen LogP contribution in [0.2, 0.25) is 0 Å². The summed E-state index contributed by atoms with van der Waals surface area (Å²) in [5, 5.41) is 16.8. The third-order valence-corrected chi connectivity index (χ3v) is 5.10. The van der Waals surface area contributed by atoms with Crippen LogP contribution in [0, 0.1) is 0 Å². The number of nitrogens with zero attached hydrogens (tertiary/aromatic N) is 1. The molecule has 8 heteroatoms. The normalized spacial score (nSPS) is 15.2. The number of aromatic amines is 1. The van der Waals surface area contributed by atoms with Crippen molar-refractivity contribution >= 4 is 28.7 Å². The molecule has 1 aliphatic rings. The lowest BCUT2D eigenvalue weighted by Gasteiger charge is -2.34. The number of carboxylic acid groups (broad SMARTS) is 2. The van der Waals surface area contributed by atoms with Gasteiger partial charge >= 0.3 is 11.9 Å². The summed E-state index contributed by atoms with van der Waals surface area (Å²) in [5.41, 5.74) is 9.86. The van der Waals surface area contributed by atoms with Gasteiger partial charge in [-0.2, -0.15) is 0 Å². The summed E-state index contributed by atoms with van der Waals surface area (Å²) in [7, 11) is 0. The standard InChI is InChI=1S/C18H25N3O.C4H4O4/c1-3-7-21(8-4-2)13-9-12-11-20-16-6-5-14(18(19)22)15(10-13)17(12)16;5-3(6)1-2-4(7)8/h5-6,11,13,20H,3-4,7-10H2,1-2H3,(H2,19,22);1-2H,(H,5,6)(H,7,8). The summed E-state index contributed by atoms with van der Waals surface area (Å²) in [5.74, 6) is -2.83. The first-order chi connectivity index (χ1) is 14.3. The zero-order valence-corrected chi connectivity index (χ0v) is 17.4. The monoisotopic (exact) mass is 415 g/mol. The molecule has 1 unspecified atom stereocenters. The van der Waals surface area contributed by atoms with Crippen molar-refractivity contribution in [2.24, 2.45) is 5.73 Å². The van der Waals surface area contributed by atoms with Crippen LogP contribution in [0.4, 0.5) is 0 Å². The molecule has 1 aromatic carbocycles. The van der Waals surface area contributed by atoms with Crippen LogP contribution < -0.4 is 5.73 Å². The Balaban J connectivity index is 0.000000343. The Kier molecular flexibility index (Phi) is 8.17. The highest BCUT2D eigenvalue weighted by atomic mass is 16.4. The van der Waals surface area contributed by atoms with Crippen molar-refractivity contribution in [3.63, 3.8) is 0 Å². The van der Waals surface area contributed by atoms with E-state index < -0.39 is 11.9 Å². The largest absolute Gasteiger partial charge is 0.478 e. The molecule has 0 saturated carbocycles. The van der Waals surface area contributed by atoms with Crippen LogP contribution >= 0.6 is 0 Å². The lowest BCUT2D eigenvalue weighted by Crippen LogP contribution is -2.41. The fourth-order valence-electron chi connectivity index (χ4n) is 3.99. The van der Waals surface area contributed by atoms with E-state index in [-0.39, 0.29) is 5.91 Å². The molecular weight excluding hydrogens is 386 g/mol. The highest BCUT2D eigenvalue weighted by Crippen LogP contribution is 2.33. The SMILES string of the molecule is CCCN(CCC)C1Cc2c[nH]c3ccc(C(N)=O)c(c23)C1.O=C(O)C=CC(=O)O. The number of carbonyl (C=O) groups is 3. The lowest BCUT2D eigenvalue weighted by atomic mass is 9.85. The Bertz CT molecular complexity index is 926. The van der Waals surface area contributed by atoms with Gasteiger partial charge in [0.25, 0.3) is 0 Å². The zero-order chi connectivity index (χ0) is 22.3. The van der Waals surface area contributed by atoms with Gasteiger partial charge in [0.2, 0.25) is 5.91 Å². The number of hydrogen-bond acceptors (Lipinski definition) is 4. The number of aromatic nitrogens is 1. The van der Waals surface area contributed by atoms with Crippen molar-refractivity contribution in [3.05, 3.63) is 47.2 Å². The van der Waals surface area contributed by atoms with E-state index >= 15 is 0 Å². The number of primary amides is 1. The number of nitrogens with two attached hydrogens (primary N) is 1. The average Bonchev–Trinajstić information content (AvgIpc) is 3.11. The number of carboxylic acids is 2. The maximum atomic E-state index is 11.8. The van der Waals surface area contributed by atoms with Gasteiger partial charge in [0.05, 0.1) is 0 Å². The minimum Gasteiger partial charge on any atom is -0.478 e. The number of benzene rings is 1. The van der Waals surface area contributed by atoms with E-state index in [1.807, 2.05) is 12.1 Å². The Morgan fingerprint density at radius 2 is 1.70 bits per heavy atom. The first-order valence-corrected chi connectivity index (χ1v) is 10.1. The highest BCUT2D eigenvalue weighted by Gasteiger charge is 2.28. The van der Waals surface area contributed by atoms with Crippen molar-refractivity contribution in [2.75, 3.05) is 13.1 Å². The second kappa shape index (κ2) is 10.6. The molecule has 0 radical (unpaired) electrons. The molecule has 0 bridgehead atoms. The van der Waals surface area contributed by atoms with Crippen molar-refractivity contribution in [1.29, 1.82) is 0 Å². The lowest BCUT2D eigenvalue weighted by molar-refractivity contribution is -0.134. The van der Waals surface area contributed by atoms with Crippen molar-refractivity contribution < 1.29 is 24.6 Å². The summed E-state index contributed by atoms with van der Waals surface area (Å²) >= 11 is 0. The topological polar surface area (TPSA) is 137 Å². The Hall–Kier alpha value is -3.13. The van der Waals surface area contributed by atoms with E-state index in [4.69, 9.17) is 15.9 Å². The van der Waals surface area contributed by atoms with Gasteiger partial charge in [0.1, 0.15) is 0 Å². The van der Waals surface area contributed by atoms with E-state index in [1.165, 1.54) is 10.9 Å². The third kappa shape index (κ3) is 5.70. The van der Waals surface area contributed by atoms with Crippen LogP contribution in [0.5, 0.6) is 0 Å². The Morgan fingerprint density at radius 3 is 2.20 bits per heavy atom. The smallest absolute Gasteiger partial charge is 0.328 e. The summed E-state index contributed by atoms with van der Waals surface area (Å²) in [6.07, 6.45) is 7.49. The van der Waals surface area contributed by atoms with Crippen molar-refractivity contribution in [1.82, 2.24) is 9.88 Å². The van der Waals surface area contributed by atoms with Crippen LogP contribution in [0.1, 0.15) is 48.2 Å². The molecular formula is C22H29N3O5. The maximum Gasteiger partial charge on any atom is 0.328 e. The van der Waals surface area contributed by atoms with Gasteiger partial charge in [-0.15, -0.1) is 0 Å². The molecule has 1 heterocycles. The first-order valence-electron chi connectivity index (χ1n) is 10.1. The summed E-state index contributed by atoms with van der Waals surface area (Å²) in [4.78, 5) is 36.8. The summed E-state index contributed by atoms with van der Waals surface area (Å²) in [6, 6.07) is 4.30. The summed E-state index contributed by atoms with van der Waals surface area (Å²) < 4.78 is 0. The molecule has 0 aliphatic heterocycles. The quantitative estimate of drug-likeness (QED) is 0.489. The van der Waals surface area contributed by atoms with E-state index in [9.17, 15) is 14.4 Å². The molecule has 0 fully saturated rings. The average molecular weight is 415 g/mol. The van der Waals surface area contributed by atoms with Gasteiger partial charge in [0.15, 0.2) is 0 Å². The van der Waals surface area contributed by atoms with Crippen LogP contribution in [0.25, 0.3) is 10.9 Å². The highest BCUT2D eigenvalue weighted by molar-refractivity contribution is 6.01. The molecule has 1 aromatic heterocycles. The Labute approximate surface area is 175 Å². The third-order valence-electron chi connectivity index (χ3n) is 5.10. The van der Waals surface area contributed by atoms with Gasteiger partial charge < -0.3 is 20.9 Å². The van der Waals surface area contributed by atoms with Gasteiger partial charge in [-0.3, -0.25) is 9.69 Å². The number of amides is 1. The molecule has 1 amide bonds. The molecule has 0 spiro atoms. The number of carbonyl (C=O) groups excluding carboxylic acids is 1. The predicted molar refractivity (Wildman–Crippen MR) is 115 cm³/mol. The predicted octanol–water partition coefficient (Wildman–Crippen LogP) is 2.57. The molecule has 8 nitrogen and oxygen atoms in total. The van der Waals surface area contributed by atoms with Crippen LogP contribution in [0.15, 0.2) is 30.5 Å². The molecule has 0 saturated heterocycles. The van der Waals surface area contributed by atoms with Gasteiger partial charge in [0, 0.05) is 40.9 Å². The van der Waals surface area contributed by atoms with Gasteiger partial charge in [-0.25, -0.2) is 9.59 Å². The number of hydrogen-bond donors (Lipinski definition) is 4. The number of nitrogens with one attached hydrogen (secondary N) is 1. The van der Waals surface area contributed by atoms with Crippen LogP contribution in [-0.4, -0.2) is 57.1 Å². The Morgan fingerprint density at radius 1 is 1.10 bits per heavy atom. The fourth-order valence-corrected chi connectivity index (χ4v) is 3.99. The molecule has 2 aromatic rings. The number of rotatable bonds is 8. The van der Waals surface area contributed by atoms with Crippen molar-refractivity contribution in [2.45, 2.75) is 45.6 Å². The minimum absolute atomic E-state index is 0.317. The molecule has 3 rings (SSSR count). The summed E-state index contributed by atoms with van der Waals surface area (Å²) in [6.45, 7) is 6.67. The molecule has 1 atom stereocenters. The molecule has 30 heavy (non-hydrogen) atoms. The van der Waals surface area contributed by atoms with E-state index in [1.54, 1.807) is 0 Å². The molecule has 1 aliphatic carbocycles.